The fraction of sp³-hybridized carbons (Fsp3) is 0.312. The fourth-order valence-electron chi connectivity index (χ4n) is 2.56. The van der Waals surface area contributed by atoms with E-state index in [1.165, 1.54) is 6.42 Å². The van der Waals surface area contributed by atoms with E-state index in [0.29, 0.717) is 16.4 Å². The van der Waals surface area contributed by atoms with Crippen LogP contribution in [0.2, 0.25) is 5.02 Å². The van der Waals surface area contributed by atoms with Crippen molar-refractivity contribution in [1.29, 1.82) is 5.26 Å². The first-order valence-electron chi connectivity index (χ1n) is 7.08. The number of nitriles is 1. The average Bonchev–Trinajstić information content (AvgIpc) is 2.75. The summed E-state index contributed by atoms with van der Waals surface area (Å²) < 4.78 is 2.08. The van der Waals surface area contributed by atoms with E-state index in [-0.39, 0.29) is 0 Å². The Bertz CT molecular complexity index is 707. The van der Waals surface area contributed by atoms with Crippen molar-refractivity contribution in [2.24, 2.45) is 0 Å². The highest BCUT2D eigenvalue weighted by molar-refractivity contribution is 6.30. The van der Waals surface area contributed by atoms with Crippen LogP contribution in [0.15, 0.2) is 24.3 Å². The van der Waals surface area contributed by atoms with Gasteiger partial charge in [-0.25, -0.2) is 0 Å². The molecule has 106 valence electrons. The summed E-state index contributed by atoms with van der Waals surface area (Å²) in [6.45, 7) is 0.886. The van der Waals surface area contributed by atoms with Gasteiger partial charge in [-0.15, -0.1) is 10.2 Å². The van der Waals surface area contributed by atoms with Crippen LogP contribution in [0.5, 0.6) is 0 Å². The first-order valence-corrected chi connectivity index (χ1v) is 7.45. The largest absolute Gasteiger partial charge is 0.310 e. The molecule has 2 heterocycles. The van der Waals surface area contributed by atoms with E-state index in [0.717, 1.165) is 37.2 Å². The van der Waals surface area contributed by atoms with Gasteiger partial charge in [0.15, 0.2) is 5.82 Å². The average molecular weight is 299 g/mol. The van der Waals surface area contributed by atoms with E-state index in [9.17, 15) is 5.26 Å². The van der Waals surface area contributed by atoms with Crippen molar-refractivity contribution in [3.8, 4) is 6.07 Å². The predicted molar refractivity (Wildman–Crippen MR) is 82.5 cm³/mol. The molecule has 0 unspecified atom stereocenters. The molecule has 1 aromatic heterocycles. The van der Waals surface area contributed by atoms with Gasteiger partial charge in [-0.2, -0.15) is 5.26 Å². The molecule has 0 amide bonds. The number of benzene rings is 1. The van der Waals surface area contributed by atoms with E-state index in [2.05, 4.69) is 20.8 Å². The fourth-order valence-corrected chi connectivity index (χ4v) is 2.68. The van der Waals surface area contributed by atoms with E-state index < -0.39 is 0 Å². The van der Waals surface area contributed by atoms with E-state index in [1.807, 2.05) is 30.3 Å². The third-order valence-electron chi connectivity index (χ3n) is 3.65. The highest BCUT2D eigenvalue weighted by Gasteiger charge is 2.17. The maximum absolute atomic E-state index is 9.46. The molecule has 1 aliphatic rings. The lowest BCUT2D eigenvalue weighted by molar-refractivity contribution is 0.627. The maximum Gasteiger partial charge on any atom is 0.174 e. The third-order valence-corrected chi connectivity index (χ3v) is 3.90. The van der Waals surface area contributed by atoms with Crippen molar-refractivity contribution < 1.29 is 0 Å². The van der Waals surface area contributed by atoms with Gasteiger partial charge in [-0.1, -0.05) is 30.2 Å². The van der Waals surface area contributed by atoms with Crippen LogP contribution in [-0.4, -0.2) is 14.8 Å². The Morgan fingerprint density at radius 1 is 1.19 bits per heavy atom. The van der Waals surface area contributed by atoms with Crippen LogP contribution in [-0.2, 0) is 13.0 Å². The van der Waals surface area contributed by atoms with Gasteiger partial charge in [-0.3, -0.25) is 0 Å². The molecule has 0 radical (unpaired) electrons. The summed E-state index contributed by atoms with van der Waals surface area (Å²) in [4.78, 5) is 0. The third kappa shape index (κ3) is 2.98. The first-order chi connectivity index (χ1) is 10.3. The van der Waals surface area contributed by atoms with Gasteiger partial charge in [0.1, 0.15) is 11.9 Å². The zero-order valence-electron chi connectivity index (χ0n) is 11.6. The number of aromatic nitrogens is 3. The van der Waals surface area contributed by atoms with Crippen molar-refractivity contribution in [2.45, 2.75) is 32.2 Å². The second-order valence-electron chi connectivity index (χ2n) is 5.12. The van der Waals surface area contributed by atoms with Crippen molar-refractivity contribution in [3.63, 3.8) is 0 Å². The number of hydrogen-bond donors (Lipinski definition) is 0. The number of halogens is 1. The Morgan fingerprint density at radius 3 is 2.76 bits per heavy atom. The lowest BCUT2D eigenvalue weighted by Gasteiger charge is -2.05. The Morgan fingerprint density at radius 2 is 2.00 bits per heavy atom. The second kappa shape index (κ2) is 6.11. The lowest BCUT2D eigenvalue weighted by atomic mass is 10.1. The predicted octanol–water partition coefficient (Wildman–Crippen LogP) is 3.72. The molecule has 3 rings (SSSR count). The summed E-state index contributed by atoms with van der Waals surface area (Å²) in [5, 5.41) is 18.6. The quantitative estimate of drug-likeness (QED) is 0.794. The van der Waals surface area contributed by atoms with Gasteiger partial charge in [0.2, 0.25) is 0 Å². The van der Waals surface area contributed by atoms with Crippen LogP contribution in [0.4, 0.5) is 0 Å². The van der Waals surface area contributed by atoms with Crippen molar-refractivity contribution in [1.82, 2.24) is 14.8 Å². The SMILES string of the molecule is N#CC(=Cc1ccc(Cl)cc1)c1nnc2n1CCCCC2. The molecule has 0 aliphatic carbocycles. The van der Waals surface area contributed by atoms with Gasteiger partial charge < -0.3 is 4.57 Å². The van der Waals surface area contributed by atoms with Gasteiger partial charge in [0.05, 0.1) is 5.57 Å². The molecule has 0 fully saturated rings. The van der Waals surface area contributed by atoms with Crippen molar-refractivity contribution in [3.05, 3.63) is 46.5 Å². The second-order valence-corrected chi connectivity index (χ2v) is 5.56. The van der Waals surface area contributed by atoms with Crippen LogP contribution in [0, 0.1) is 11.3 Å². The molecule has 1 aliphatic heterocycles. The molecule has 21 heavy (non-hydrogen) atoms. The number of aryl methyl sites for hydroxylation is 1. The van der Waals surface area contributed by atoms with Gasteiger partial charge >= 0.3 is 0 Å². The highest BCUT2D eigenvalue weighted by atomic mass is 35.5. The molecular weight excluding hydrogens is 284 g/mol. The van der Waals surface area contributed by atoms with E-state index in [1.54, 1.807) is 0 Å². The molecule has 1 aromatic carbocycles. The number of rotatable bonds is 2. The summed E-state index contributed by atoms with van der Waals surface area (Å²) in [6, 6.07) is 9.64. The Labute approximate surface area is 128 Å². The molecule has 0 N–H and O–H groups in total. The number of allylic oxidation sites excluding steroid dienone is 1. The molecule has 0 bridgehead atoms. The van der Waals surface area contributed by atoms with Gasteiger partial charge in [0, 0.05) is 18.0 Å². The Balaban J connectivity index is 1.99. The highest BCUT2D eigenvalue weighted by Crippen LogP contribution is 2.21. The van der Waals surface area contributed by atoms with Crippen LogP contribution < -0.4 is 0 Å². The molecule has 2 aromatic rings. The van der Waals surface area contributed by atoms with Crippen molar-refractivity contribution >= 4 is 23.3 Å². The smallest absolute Gasteiger partial charge is 0.174 e. The minimum absolute atomic E-state index is 0.540. The first kappa shape index (κ1) is 13.8. The zero-order chi connectivity index (χ0) is 14.7. The van der Waals surface area contributed by atoms with Crippen LogP contribution >= 0.6 is 11.6 Å². The van der Waals surface area contributed by atoms with Crippen LogP contribution in [0.1, 0.15) is 36.5 Å². The molecule has 0 saturated carbocycles. The maximum atomic E-state index is 9.46. The zero-order valence-corrected chi connectivity index (χ0v) is 12.3. The summed E-state index contributed by atoms with van der Waals surface area (Å²) in [5.41, 5.74) is 1.47. The lowest BCUT2D eigenvalue weighted by Crippen LogP contribution is -2.05. The topological polar surface area (TPSA) is 54.5 Å². The molecule has 5 heteroatoms. The minimum atomic E-state index is 0.540. The summed E-state index contributed by atoms with van der Waals surface area (Å²) in [7, 11) is 0. The molecular formula is C16H15ClN4. The summed E-state index contributed by atoms with van der Waals surface area (Å²) in [6.07, 6.45) is 6.22. The molecule has 0 saturated heterocycles. The van der Waals surface area contributed by atoms with Gasteiger partial charge in [-0.05, 0) is 36.6 Å². The molecule has 4 nitrogen and oxygen atoms in total. The van der Waals surface area contributed by atoms with E-state index >= 15 is 0 Å². The number of fused-ring (bicyclic) bond motifs is 1. The van der Waals surface area contributed by atoms with Gasteiger partial charge in [0.25, 0.3) is 0 Å². The number of nitrogens with zero attached hydrogens (tertiary/aromatic N) is 4. The van der Waals surface area contributed by atoms with Crippen LogP contribution in [0.25, 0.3) is 11.6 Å². The monoisotopic (exact) mass is 298 g/mol. The molecule has 0 atom stereocenters. The standard InChI is InChI=1S/C16H15ClN4/c17-14-7-5-12(6-8-14)10-13(11-18)16-20-19-15-4-2-1-3-9-21(15)16/h5-8,10H,1-4,9H2. The summed E-state index contributed by atoms with van der Waals surface area (Å²) >= 11 is 5.88. The molecule has 0 spiro atoms. The van der Waals surface area contributed by atoms with Crippen molar-refractivity contribution in [2.75, 3.05) is 0 Å². The normalized spacial score (nSPS) is 15.1. The van der Waals surface area contributed by atoms with E-state index in [4.69, 9.17) is 11.6 Å². The Kier molecular flexibility index (Phi) is 4.03. The minimum Gasteiger partial charge on any atom is -0.310 e. The Hall–Kier alpha value is -2.12. The summed E-state index contributed by atoms with van der Waals surface area (Å²) in [5.74, 6) is 1.66. The van der Waals surface area contributed by atoms with Crippen LogP contribution in [0.3, 0.4) is 0 Å². The number of hydrogen-bond acceptors (Lipinski definition) is 3.